The summed E-state index contributed by atoms with van der Waals surface area (Å²) in [5, 5.41) is 5.61. The SMILES string of the molecule is CCCNCC(CC)N(C)Cc1cscn1. The van der Waals surface area contributed by atoms with Crippen molar-refractivity contribution in [3.05, 3.63) is 16.6 Å². The maximum absolute atomic E-state index is 4.33. The fraction of sp³-hybridized carbons (Fsp3) is 0.750. The molecule has 1 aromatic rings. The number of rotatable bonds is 8. The zero-order chi connectivity index (χ0) is 11.8. The summed E-state index contributed by atoms with van der Waals surface area (Å²) in [6, 6.07) is 0.605. The van der Waals surface area contributed by atoms with Gasteiger partial charge < -0.3 is 5.32 Å². The van der Waals surface area contributed by atoms with E-state index >= 15 is 0 Å². The minimum Gasteiger partial charge on any atom is -0.315 e. The zero-order valence-electron chi connectivity index (χ0n) is 10.6. The number of likely N-dealkylation sites (N-methyl/N-ethyl adjacent to an activating group) is 1. The third-order valence-corrected chi connectivity index (χ3v) is 3.43. The molecule has 1 rings (SSSR count). The van der Waals surface area contributed by atoms with Crippen molar-refractivity contribution in [2.24, 2.45) is 0 Å². The van der Waals surface area contributed by atoms with Crippen molar-refractivity contribution in [3.63, 3.8) is 0 Å². The van der Waals surface area contributed by atoms with Crippen LogP contribution in [0.15, 0.2) is 10.9 Å². The Labute approximate surface area is 103 Å². The first kappa shape index (κ1) is 13.6. The molecule has 4 heteroatoms. The van der Waals surface area contributed by atoms with E-state index in [4.69, 9.17) is 0 Å². The second-order valence-corrected chi connectivity index (χ2v) is 4.88. The largest absolute Gasteiger partial charge is 0.315 e. The molecule has 1 heterocycles. The van der Waals surface area contributed by atoms with Gasteiger partial charge in [-0.15, -0.1) is 11.3 Å². The Hall–Kier alpha value is -0.450. The van der Waals surface area contributed by atoms with E-state index in [0.717, 1.165) is 19.6 Å². The topological polar surface area (TPSA) is 28.2 Å². The van der Waals surface area contributed by atoms with Gasteiger partial charge in [0.15, 0.2) is 0 Å². The fourth-order valence-corrected chi connectivity index (χ4v) is 2.31. The van der Waals surface area contributed by atoms with Gasteiger partial charge in [-0.3, -0.25) is 4.90 Å². The van der Waals surface area contributed by atoms with Crippen molar-refractivity contribution in [1.82, 2.24) is 15.2 Å². The molecule has 0 saturated heterocycles. The lowest BCUT2D eigenvalue weighted by atomic mass is 10.2. The molecule has 16 heavy (non-hydrogen) atoms. The van der Waals surface area contributed by atoms with E-state index in [-0.39, 0.29) is 0 Å². The molecule has 0 amide bonds. The molecule has 92 valence electrons. The number of hydrogen-bond donors (Lipinski definition) is 1. The molecule has 1 N–H and O–H groups in total. The monoisotopic (exact) mass is 241 g/mol. The standard InChI is InChI=1S/C12H23N3S/c1-4-6-13-7-12(5-2)15(3)8-11-9-16-10-14-11/h9-10,12-13H,4-8H2,1-3H3. The first-order chi connectivity index (χ1) is 7.77. The smallest absolute Gasteiger partial charge is 0.0795 e. The van der Waals surface area contributed by atoms with Gasteiger partial charge in [0, 0.05) is 24.5 Å². The summed E-state index contributed by atoms with van der Waals surface area (Å²) in [5.41, 5.74) is 3.08. The van der Waals surface area contributed by atoms with E-state index in [2.05, 4.69) is 41.5 Å². The maximum atomic E-state index is 4.33. The van der Waals surface area contributed by atoms with E-state index in [9.17, 15) is 0 Å². The summed E-state index contributed by atoms with van der Waals surface area (Å²) in [6.07, 6.45) is 2.38. The summed E-state index contributed by atoms with van der Waals surface area (Å²) in [5.74, 6) is 0. The minimum absolute atomic E-state index is 0.605. The van der Waals surface area contributed by atoms with E-state index in [0.29, 0.717) is 6.04 Å². The van der Waals surface area contributed by atoms with Crippen molar-refractivity contribution in [2.45, 2.75) is 39.3 Å². The van der Waals surface area contributed by atoms with Crippen LogP contribution in [0.4, 0.5) is 0 Å². The zero-order valence-corrected chi connectivity index (χ0v) is 11.4. The molecule has 1 aromatic heterocycles. The third-order valence-electron chi connectivity index (χ3n) is 2.80. The minimum atomic E-state index is 0.605. The van der Waals surface area contributed by atoms with Crippen molar-refractivity contribution in [1.29, 1.82) is 0 Å². The number of aromatic nitrogens is 1. The van der Waals surface area contributed by atoms with Crippen LogP contribution in [0.25, 0.3) is 0 Å². The summed E-state index contributed by atoms with van der Waals surface area (Å²) in [4.78, 5) is 6.71. The summed E-state index contributed by atoms with van der Waals surface area (Å²) < 4.78 is 0. The summed E-state index contributed by atoms with van der Waals surface area (Å²) in [6.45, 7) is 7.59. The second kappa shape index (κ2) is 7.76. The Balaban J connectivity index is 2.33. The molecular formula is C12H23N3S. The molecule has 0 fully saturated rings. The molecule has 0 bridgehead atoms. The highest BCUT2D eigenvalue weighted by molar-refractivity contribution is 7.07. The number of thiazole rings is 1. The first-order valence-corrected chi connectivity index (χ1v) is 7.00. The van der Waals surface area contributed by atoms with Crippen LogP contribution in [0, 0.1) is 0 Å². The van der Waals surface area contributed by atoms with Crippen LogP contribution in [0.2, 0.25) is 0 Å². The molecule has 0 aliphatic rings. The molecule has 0 spiro atoms. The molecule has 1 unspecified atom stereocenters. The van der Waals surface area contributed by atoms with Gasteiger partial charge in [-0.05, 0) is 26.4 Å². The van der Waals surface area contributed by atoms with Crippen LogP contribution in [-0.2, 0) is 6.54 Å². The van der Waals surface area contributed by atoms with Gasteiger partial charge in [-0.2, -0.15) is 0 Å². The number of nitrogens with one attached hydrogen (secondary N) is 1. The Morgan fingerprint density at radius 2 is 2.31 bits per heavy atom. The average molecular weight is 241 g/mol. The highest BCUT2D eigenvalue weighted by atomic mass is 32.1. The normalized spacial score (nSPS) is 13.2. The molecule has 0 aliphatic heterocycles. The highest BCUT2D eigenvalue weighted by Crippen LogP contribution is 2.08. The van der Waals surface area contributed by atoms with Crippen LogP contribution in [0.3, 0.4) is 0 Å². The van der Waals surface area contributed by atoms with Gasteiger partial charge in [-0.1, -0.05) is 13.8 Å². The van der Waals surface area contributed by atoms with E-state index in [1.165, 1.54) is 18.5 Å². The van der Waals surface area contributed by atoms with E-state index in [1.807, 2.05) is 5.51 Å². The molecular weight excluding hydrogens is 218 g/mol. The summed E-state index contributed by atoms with van der Waals surface area (Å²) in [7, 11) is 2.18. The molecule has 0 radical (unpaired) electrons. The molecule has 0 saturated carbocycles. The maximum Gasteiger partial charge on any atom is 0.0795 e. The van der Waals surface area contributed by atoms with Crippen LogP contribution in [0.1, 0.15) is 32.4 Å². The summed E-state index contributed by atoms with van der Waals surface area (Å²) >= 11 is 1.67. The van der Waals surface area contributed by atoms with Crippen LogP contribution in [-0.4, -0.2) is 36.1 Å². The predicted octanol–water partition coefficient (Wildman–Crippen LogP) is 2.35. The van der Waals surface area contributed by atoms with Gasteiger partial charge in [0.25, 0.3) is 0 Å². The lowest BCUT2D eigenvalue weighted by Gasteiger charge is -2.26. The van der Waals surface area contributed by atoms with E-state index < -0.39 is 0 Å². The van der Waals surface area contributed by atoms with Crippen LogP contribution < -0.4 is 5.32 Å². The quantitative estimate of drug-likeness (QED) is 0.708. The van der Waals surface area contributed by atoms with Crippen molar-refractivity contribution in [2.75, 3.05) is 20.1 Å². The predicted molar refractivity (Wildman–Crippen MR) is 70.8 cm³/mol. The number of nitrogens with zero attached hydrogens (tertiary/aromatic N) is 2. The Bertz CT molecular complexity index is 261. The first-order valence-electron chi connectivity index (χ1n) is 6.05. The number of hydrogen-bond acceptors (Lipinski definition) is 4. The molecule has 1 atom stereocenters. The van der Waals surface area contributed by atoms with Crippen molar-refractivity contribution in [3.8, 4) is 0 Å². The Morgan fingerprint density at radius 3 is 2.88 bits per heavy atom. The lowest BCUT2D eigenvalue weighted by molar-refractivity contribution is 0.219. The average Bonchev–Trinajstić information content (AvgIpc) is 2.77. The highest BCUT2D eigenvalue weighted by Gasteiger charge is 2.12. The molecule has 0 aromatic carbocycles. The fourth-order valence-electron chi connectivity index (χ4n) is 1.76. The van der Waals surface area contributed by atoms with E-state index in [1.54, 1.807) is 11.3 Å². The van der Waals surface area contributed by atoms with Gasteiger partial charge in [0.05, 0.1) is 11.2 Å². The molecule has 0 aliphatic carbocycles. The van der Waals surface area contributed by atoms with Crippen LogP contribution in [0.5, 0.6) is 0 Å². The second-order valence-electron chi connectivity index (χ2n) is 4.16. The van der Waals surface area contributed by atoms with Gasteiger partial charge in [0.1, 0.15) is 0 Å². The van der Waals surface area contributed by atoms with Gasteiger partial charge in [0.2, 0.25) is 0 Å². The van der Waals surface area contributed by atoms with Gasteiger partial charge >= 0.3 is 0 Å². The van der Waals surface area contributed by atoms with Crippen molar-refractivity contribution < 1.29 is 0 Å². The Morgan fingerprint density at radius 1 is 1.50 bits per heavy atom. The van der Waals surface area contributed by atoms with Crippen molar-refractivity contribution >= 4 is 11.3 Å². The Kier molecular flexibility index (Phi) is 6.61. The van der Waals surface area contributed by atoms with Crippen LogP contribution >= 0.6 is 11.3 Å². The third kappa shape index (κ3) is 4.60. The lowest BCUT2D eigenvalue weighted by Crippen LogP contribution is -2.39. The van der Waals surface area contributed by atoms with Gasteiger partial charge in [-0.25, -0.2) is 4.98 Å². The molecule has 3 nitrogen and oxygen atoms in total.